The minimum Gasteiger partial charge on any atom is -0.365 e. The Labute approximate surface area is 63.8 Å². The average Bonchev–Trinajstić information content (AvgIpc) is 2.32. The molecule has 0 bridgehead atoms. The molecule has 0 aliphatic heterocycles. The predicted octanol–water partition coefficient (Wildman–Crippen LogP) is 0.105. The molecule has 0 aliphatic rings. The molecule has 0 saturated carbocycles. The molecule has 6 heteroatoms. The maximum absolute atomic E-state index is 10.2. The summed E-state index contributed by atoms with van der Waals surface area (Å²) in [5.41, 5.74) is 0.516. The van der Waals surface area contributed by atoms with E-state index >= 15 is 0 Å². The normalized spacial score (nSPS) is 11.7. The van der Waals surface area contributed by atoms with Crippen LogP contribution in [0.2, 0.25) is 0 Å². The van der Waals surface area contributed by atoms with E-state index in [1.54, 1.807) is 6.07 Å². The summed E-state index contributed by atoms with van der Waals surface area (Å²) in [5, 5.41) is 3.47. The van der Waals surface area contributed by atoms with Crippen molar-refractivity contribution < 1.29 is 17.5 Å². The molecular formula is C5H7NO4S. The first kappa shape index (κ1) is 8.22. The quantitative estimate of drug-likeness (QED) is 0.662. The van der Waals surface area contributed by atoms with Crippen LogP contribution in [-0.2, 0) is 16.5 Å². The Balaban J connectivity index is 2.48. The first-order chi connectivity index (χ1) is 5.08. The van der Waals surface area contributed by atoms with Gasteiger partial charge in [-0.15, -0.1) is 0 Å². The molecule has 1 heterocycles. The highest BCUT2D eigenvalue weighted by Crippen LogP contribution is 1.97. The van der Waals surface area contributed by atoms with Gasteiger partial charge in [0.05, 0.1) is 11.4 Å². The Bertz CT molecular complexity index is 301. The summed E-state index contributed by atoms with van der Waals surface area (Å²) in [4.78, 5) is 0. The van der Waals surface area contributed by atoms with E-state index in [4.69, 9.17) is 4.55 Å². The standard InChI is InChI=1S/C5H7NO4S/c7-11(8,9)4-2-5-1-3-10-6-5/h1,3H,2,4H2,(H,7,8,9). The van der Waals surface area contributed by atoms with Crippen molar-refractivity contribution in [2.75, 3.05) is 5.75 Å². The summed E-state index contributed by atoms with van der Waals surface area (Å²) in [5.74, 6) is -0.320. The highest BCUT2D eigenvalue weighted by Gasteiger charge is 2.05. The largest absolute Gasteiger partial charge is 0.365 e. The summed E-state index contributed by atoms with van der Waals surface area (Å²) in [7, 11) is -3.88. The van der Waals surface area contributed by atoms with Crippen LogP contribution in [0.25, 0.3) is 0 Å². The van der Waals surface area contributed by atoms with Crippen LogP contribution in [0.1, 0.15) is 5.69 Å². The lowest BCUT2D eigenvalue weighted by molar-refractivity contribution is 0.412. The SMILES string of the molecule is O=S(=O)(O)CCc1ccon1. The second-order valence-electron chi connectivity index (χ2n) is 2.03. The van der Waals surface area contributed by atoms with E-state index in [1.807, 2.05) is 0 Å². The zero-order valence-electron chi connectivity index (χ0n) is 5.60. The van der Waals surface area contributed by atoms with Crippen LogP contribution >= 0.6 is 0 Å². The topological polar surface area (TPSA) is 80.4 Å². The van der Waals surface area contributed by atoms with E-state index in [2.05, 4.69) is 9.68 Å². The number of nitrogens with zero attached hydrogens (tertiary/aromatic N) is 1. The molecule has 62 valence electrons. The summed E-state index contributed by atoms with van der Waals surface area (Å²) < 4.78 is 33.2. The number of aromatic nitrogens is 1. The maximum atomic E-state index is 10.2. The molecular weight excluding hydrogens is 170 g/mol. The molecule has 5 nitrogen and oxygen atoms in total. The molecule has 0 atom stereocenters. The van der Waals surface area contributed by atoms with Crippen LogP contribution in [0, 0.1) is 0 Å². The van der Waals surface area contributed by atoms with Crippen LogP contribution in [-0.4, -0.2) is 23.9 Å². The third-order valence-corrected chi connectivity index (χ3v) is 1.83. The van der Waals surface area contributed by atoms with E-state index in [-0.39, 0.29) is 12.2 Å². The van der Waals surface area contributed by atoms with Crippen LogP contribution in [0.4, 0.5) is 0 Å². The van der Waals surface area contributed by atoms with Gasteiger partial charge in [-0.1, -0.05) is 5.16 Å². The van der Waals surface area contributed by atoms with Crippen molar-refractivity contribution in [1.29, 1.82) is 0 Å². The second kappa shape index (κ2) is 3.02. The molecule has 0 aromatic carbocycles. The van der Waals surface area contributed by atoms with E-state index in [9.17, 15) is 8.42 Å². The Hall–Kier alpha value is -0.880. The lowest BCUT2D eigenvalue weighted by Gasteiger charge is -1.90. The Morgan fingerprint density at radius 1 is 1.64 bits per heavy atom. The van der Waals surface area contributed by atoms with Gasteiger partial charge in [-0.3, -0.25) is 4.55 Å². The van der Waals surface area contributed by atoms with Crippen LogP contribution in [0.5, 0.6) is 0 Å². The van der Waals surface area contributed by atoms with E-state index in [0.29, 0.717) is 5.69 Å². The monoisotopic (exact) mass is 177 g/mol. The predicted molar refractivity (Wildman–Crippen MR) is 36.6 cm³/mol. The Morgan fingerprint density at radius 3 is 2.82 bits per heavy atom. The fourth-order valence-corrected chi connectivity index (χ4v) is 1.07. The molecule has 0 radical (unpaired) electrons. The molecule has 0 unspecified atom stereocenters. The van der Waals surface area contributed by atoms with Crippen molar-refractivity contribution in [3.05, 3.63) is 18.0 Å². The summed E-state index contributed by atoms with van der Waals surface area (Å²) >= 11 is 0. The van der Waals surface area contributed by atoms with Crippen molar-refractivity contribution in [2.45, 2.75) is 6.42 Å². The molecule has 1 N–H and O–H groups in total. The van der Waals surface area contributed by atoms with Gasteiger partial charge in [-0.25, -0.2) is 0 Å². The summed E-state index contributed by atoms with van der Waals surface area (Å²) in [6, 6.07) is 1.55. The van der Waals surface area contributed by atoms with Crippen molar-refractivity contribution in [3.8, 4) is 0 Å². The lowest BCUT2D eigenvalue weighted by Crippen LogP contribution is -2.06. The fourth-order valence-electron chi connectivity index (χ4n) is 0.600. The number of rotatable bonds is 3. The third-order valence-electron chi connectivity index (χ3n) is 1.11. The second-order valence-corrected chi connectivity index (χ2v) is 3.60. The van der Waals surface area contributed by atoms with Crippen molar-refractivity contribution in [1.82, 2.24) is 5.16 Å². The molecule has 0 aliphatic carbocycles. The highest BCUT2D eigenvalue weighted by molar-refractivity contribution is 7.85. The van der Waals surface area contributed by atoms with Gasteiger partial charge in [0.15, 0.2) is 0 Å². The van der Waals surface area contributed by atoms with Crippen molar-refractivity contribution in [3.63, 3.8) is 0 Å². The highest BCUT2D eigenvalue weighted by atomic mass is 32.2. The molecule has 0 amide bonds. The molecule has 1 aromatic heterocycles. The van der Waals surface area contributed by atoms with Gasteiger partial charge in [0.1, 0.15) is 6.26 Å². The van der Waals surface area contributed by atoms with Crippen molar-refractivity contribution in [2.24, 2.45) is 0 Å². The van der Waals surface area contributed by atoms with E-state index < -0.39 is 10.1 Å². The average molecular weight is 177 g/mol. The van der Waals surface area contributed by atoms with Gasteiger partial charge in [0.2, 0.25) is 0 Å². The van der Waals surface area contributed by atoms with Gasteiger partial charge in [-0.05, 0) is 0 Å². The van der Waals surface area contributed by atoms with Crippen LogP contribution < -0.4 is 0 Å². The van der Waals surface area contributed by atoms with E-state index in [1.165, 1.54) is 6.26 Å². The fraction of sp³-hybridized carbons (Fsp3) is 0.400. The van der Waals surface area contributed by atoms with Gasteiger partial charge in [0, 0.05) is 12.5 Å². The molecule has 0 saturated heterocycles. The summed E-state index contributed by atoms with van der Waals surface area (Å²) in [6.07, 6.45) is 1.52. The number of hydrogen-bond acceptors (Lipinski definition) is 4. The van der Waals surface area contributed by atoms with Gasteiger partial charge in [-0.2, -0.15) is 8.42 Å². The van der Waals surface area contributed by atoms with E-state index in [0.717, 1.165) is 0 Å². The Kier molecular flexibility index (Phi) is 2.25. The van der Waals surface area contributed by atoms with Crippen LogP contribution in [0.15, 0.2) is 16.9 Å². The van der Waals surface area contributed by atoms with Gasteiger partial charge >= 0.3 is 0 Å². The minimum absolute atomic E-state index is 0.176. The molecule has 1 aromatic rings. The third kappa shape index (κ3) is 3.15. The van der Waals surface area contributed by atoms with Crippen molar-refractivity contribution >= 4 is 10.1 Å². The molecule has 0 spiro atoms. The number of hydrogen-bond donors (Lipinski definition) is 1. The van der Waals surface area contributed by atoms with Gasteiger partial charge < -0.3 is 4.52 Å². The summed E-state index contributed by atoms with van der Waals surface area (Å²) in [6.45, 7) is 0. The maximum Gasteiger partial charge on any atom is 0.265 e. The Morgan fingerprint density at radius 2 is 2.36 bits per heavy atom. The lowest BCUT2D eigenvalue weighted by atomic mass is 10.3. The molecule has 0 fully saturated rings. The minimum atomic E-state index is -3.88. The smallest absolute Gasteiger partial charge is 0.265 e. The molecule has 1 rings (SSSR count). The first-order valence-corrected chi connectivity index (χ1v) is 4.53. The number of aryl methyl sites for hydroxylation is 1. The zero-order valence-corrected chi connectivity index (χ0v) is 6.41. The van der Waals surface area contributed by atoms with Gasteiger partial charge in [0.25, 0.3) is 10.1 Å². The zero-order chi connectivity index (χ0) is 8.32. The van der Waals surface area contributed by atoms with Crippen LogP contribution in [0.3, 0.4) is 0 Å². The molecule has 11 heavy (non-hydrogen) atoms. The first-order valence-electron chi connectivity index (χ1n) is 2.92.